The number of benzene rings is 3. The summed E-state index contributed by atoms with van der Waals surface area (Å²) >= 11 is 0. The van der Waals surface area contributed by atoms with Gasteiger partial charge in [0.05, 0.1) is 14.2 Å². The maximum Gasteiger partial charge on any atom is 0.471 e. The number of alkyl halides is 3. The van der Waals surface area contributed by atoms with E-state index < -0.39 is 29.1 Å². The molecule has 3 aromatic carbocycles. The zero-order valence-electron chi connectivity index (χ0n) is 18.9. The minimum Gasteiger partial charge on any atom is -0.497 e. The molecule has 3 aromatic rings. The summed E-state index contributed by atoms with van der Waals surface area (Å²) in [5, 5.41) is 12.3. The first-order valence-corrected chi connectivity index (χ1v) is 10.5. The van der Waals surface area contributed by atoms with Crippen LogP contribution in [-0.2, 0) is 11.2 Å². The van der Waals surface area contributed by atoms with E-state index in [0.717, 1.165) is 0 Å². The summed E-state index contributed by atoms with van der Waals surface area (Å²) in [6, 6.07) is 16.3. The van der Waals surface area contributed by atoms with Gasteiger partial charge < -0.3 is 9.47 Å². The maximum absolute atomic E-state index is 13.8. The van der Waals surface area contributed by atoms with Crippen LogP contribution in [0.3, 0.4) is 0 Å². The Bertz CT molecular complexity index is 1140. The summed E-state index contributed by atoms with van der Waals surface area (Å²) in [5.41, 5.74) is 0.535. The third-order valence-corrected chi connectivity index (χ3v) is 5.47. The zero-order valence-corrected chi connectivity index (χ0v) is 18.9. The molecule has 0 aromatic heterocycles. The predicted molar refractivity (Wildman–Crippen MR) is 123 cm³/mol. The Kier molecular flexibility index (Phi) is 7.95. The van der Waals surface area contributed by atoms with Gasteiger partial charge in [0.2, 0.25) is 6.04 Å². The average Bonchev–Trinajstić information content (AvgIpc) is 2.86. The molecule has 2 atom stereocenters. The number of carbonyl (C=O) groups excluding carboxylic acids is 1. The molecule has 10 heteroatoms. The monoisotopic (exact) mass is 488 g/mol. The van der Waals surface area contributed by atoms with Gasteiger partial charge in [0, 0.05) is 17.0 Å². The molecule has 184 valence electrons. The average molecular weight is 488 g/mol. The zero-order chi connectivity index (χ0) is 25.6. The molecule has 1 amide bonds. The minimum absolute atomic E-state index is 0.150. The first-order chi connectivity index (χ1) is 16.7. The van der Waals surface area contributed by atoms with Crippen molar-refractivity contribution in [2.75, 3.05) is 19.1 Å². The molecule has 0 saturated heterocycles. The Labute approximate surface area is 199 Å². The summed E-state index contributed by atoms with van der Waals surface area (Å²) in [7, 11) is 2.80. The number of methoxy groups -OCH3 is 2. The first-order valence-electron chi connectivity index (χ1n) is 10.5. The van der Waals surface area contributed by atoms with Crippen molar-refractivity contribution < 1.29 is 32.4 Å². The highest BCUT2D eigenvalue weighted by molar-refractivity contribution is 5.98. The SMILES string of the molecule is COc1ccc([C@@H]([C@@H](Cc2ccccc2)[N+](=O)[O-])N(C(=O)C(F)(F)F)c2ccc(OC)cc2)cc1. The van der Waals surface area contributed by atoms with Crippen molar-refractivity contribution in [1.29, 1.82) is 0 Å². The molecule has 35 heavy (non-hydrogen) atoms. The van der Waals surface area contributed by atoms with E-state index >= 15 is 0 Å². The third-order valence-electron chi connectivity index (χ3n) is 5.47. The number of amides is 1. The third kappa shape index (κ3) is 6.08. The van der Waals surface area contributed by atoms with Gasteiger partial charge >= 0.3 is 12.1 Å². The van der Waals surface area contributed by atoms with Gasteiger partial charge in [-0.3, -0.25) is 19.8 Å². The highest BCUT2D eigenvalue weighted by Gasteiger charge is 2.50. The number of carbonyl (C=O) groups is 1. The molecule has 3 rings (SSSR count). The van der Waals surface area contributed by atoms with Gasteiger partial charge in [-0.25, -0.2) is 0 Å². The van der Waals surface area contributed by atoms with Gasteiger partial charge in [-0.1, -0.05) is 42.5 Å². The number of anilines is 1. The van der Waals surface area contributed by atoms with Crippen LogP contribution in [0.25, 0.3) is 0 Å². The molecule has 0 heterocycles. The van der Waals surface area contributed by atoms with E-state index in [2.05, 4.69) is 0 Å². The van der Waals surface area contributed by atoms with Crippen LogP contribution in [0.2, 0.25) is 0 Å². The largest absolute Gasteiger partial charge is 0.497 e. The van der Waals surface area contributed by atoms with Crippen LogP contribution in [0.15, 0.2) is 78.9 Å². The molecular formula is C25H23F3N2O5. The fraction of sp³-hybridized carbons (Fsp3) is 0.240. The number of hydrogen-bond donors (Lipinski definition) is 0. The van der Waals surface area contributed by atoms with E-state index in [-0.39, 0.29) is 17.7 Å². The van der Waals surface area contributed by atoms with Crippen molar-refractivity contribution in [3.05, 3.63) is 100 Å². The minimum atomic E-state index is -5.28. The Hall–Kier alpha value is -4.08. The number of ether oxygens (including phenoxy) is 2. The molecule has 0 aliphatic carbocycles. The number of halogens is 3. The summed E-state index contributed by atoms with van der Waals surface area (Å²) in [4.78, 5) is 24.8. The smallest absolute Gasteiger partial charge is 0.471 e. The molecule has 7 nitrogen and oxygen atoms in total. The number of nitro groups is 1. The summed E-state index contributed by atoms with van der Waals surface area (Å²) in [6.07, 6.45) is -5.49. The molecule has 0 aliphatic rings. The molecular weight excluding hydrogens is 465 g/mol. The molecule has 0 N–H and O–H groups in total. The topological polar surface area (TPSA) is 81.9 Å². The van der Waals surface area contributed by atoms with Crippen molar-refractivity contribution >= 4 is 11.6 Å². The number of rotatable bonds is 9. The Balaban J connectivity index is 2.22. The second-order valence-corrected chi connectivity index (χ2v) is 7.63. The van der Waals surface area contributed by atoms with Gasteiger partial charge in [-0.05, 0) is 47.5 Å². The molecule has 0 fully saturated rings. The van der Waals surface area contributed by atoms with Crippen LogP contribution < -0.4 is 14.4 Å². The first kappa shape index (κ1) is 25.5. The van der Waals surface area contributed by atoms with E-state index in [4.69, 9.17) is 9.47 Å². The lowest BCUT2D eigenvalue weighted by atomic mass is 9.92. The number of nitrogens with zero attached hydrogens (tertiary/aromatic N) is 2. The van der Waals surface area contributed by atoms with Gasteiger partial charge in [-0.15, -0.1) is 0 Å². The van der Waals surface area contributed by atoms with Crippen molar-refractivity contribution in [1.82, 2.24) is 0 Å². The van der Waals surface area contributed by atoms with E-state index in [9.17, 15) is 28.1 Å². The van der Waals surface area contributed by atoms with E-state index in [1.165, 1.54) is 62.8 Å². The Morgan fingerprint density at radius 3 is 1.89 bits per heavy atom. The van der Waals surface area contributed by atoms with E-state index in [1.54, 1.807) is 30.3 Å². The predicted octanol–water partition coefficient (Wildman–Crippen LogP) is 5.23. The lowest BCUT2D eigenvalue weighted by Gasteiger charge is -2.34. The van der Waals surface area contributed by atoms with Crippen molar-refractivity contribution in [3.63, 3.8) is 0 Å². The normalized spacial score (nSPS) is 12.9. The lowest BCUT2D eigenvalue weighted by Crippen LogP contribution is -2.49. The van der Waals surface area contributed by atoms with Crippen molar-refractivity contribution in [3.8, 4) is 11.5 Å². The maximum atomic E-state index is 13.8. The standard InChI is InChI=1S/C25H23F3N2O5/c1-34-20-12-8-18(9-13-20)23(22(30(32)33)16-17-6-4-3-5-7-17)29(24(31)25(26,27)28)19-10-14-21(35-2)15-11-19/h3-15,22-23H,16H2,1-2H3/t22-,23+/m1/s1. The lowest BCUT2D eigenvalue weighted by molar-refractivity contribution is -0.526. The fourth-order valence-corrected chi connectivity index (χ4v) is 3.79. The number of hydrogen-bond acceptors (Lipinski definition) is 5. The van der Waals surface area contributed by atoms with Gasteiger partial charge in [0.1, 0.15) is 17.5 Å². The quantitative estimate of drug-likeness (QED) is 0.304. The molecule has 0 unspecified atom stereocenters. The van der Waals surface area contributed by atoms with E-state index in [0.29, 0.717) is 22.0 Å². The highest BCUT2D eigenvalue weighted by atomic mass is 19.4. The Morgan fingerprint density at radius 1 is 0.914 bits per heavy atom. The van der Waals surface area contributed by atoms with Crippen LogP contribution in [-0.4, -0.2) is 37.3 Å². The fourth-order valence-electron chi connectivity index (χ4n) is 3.79. The summed E-state index contributed by atoms with van der Waals surface area (Å²) < 4.78 is 51.6. The molecule has 0 aliphatic heterocycles. The molecule has 0 saturated carbocycles. The van der Waals surface area contributed by atoms with Crippen LogP contribution in [0.4, 0.5) is 18.9 Å². The molecule has 0 radical (unpaired) electrons. The van der Waals surface area contributed by atoms with E-state index in [1.807, 2.05) is 0 Å². The highest BCUT2D eigenvalue weighted by Crippen LogP contribution is 2.37. The van der Waals surface area contributed by atoms with Crippen LogP contribution in [0.5, 0.6) is 11.5 Å². The second-order valence-electron chi connectivity index (χ2n) is 7.63. The van der Waals surface area contributed by atoms with Crippen LogP contribution in [0, 0.1) is 10.1 Å². The van der Waals surface area contributed by atoms with Gasteiger partial charge in [0.15, 0.2) is 0 Å². The Morgan fingerprint density at radius 2 is 1.43 bits per heavy atom. The van der Waals surface area contributed by atoms with Crippen LogP contribution >= 0.6 is 0 Å². The second kappa shape index (κ2) is 10.9. The molecule has 0 bridgehead atoms. The van der Waals surface area contributed by atoms with Gasteiger partial charge in [-0.2, -0.15) is 13.2 Å². The summed E-state index contributed by atoms with van der Waals surface area (Å²) in [6.45, 7) is 0. The van der Waals surface area contributed by atoms with Gasteiger partial charge in [0.25, 0.3) is 0 Å². The van der Waals surface area contributed by atoms with Crippen molar-refractivity contribution in [2.24, 2.45) is 0 Å². The van der Waals surface area contributed by atoms with Crippen molar-refractivity contribution in [2.45, 2.75) is 24.7 Å². The molecule has 0 spiro atoms. The summed E-state index contributed by atoms with van der Waals surface area (Å²) in [5.74, 6) is -1.46. The van der Waals surface area contributed by atoms with Crippen LogP contribution in [0.1, 0.15) is 17.2 Å².